The van der Waals surface area contributed by atoms with Gasteiger partial charge in [0.2, 0.25) is 0 Å². The Morgan fingerprint density at radius 3 is 2.53 bits per heavy atom. The molecule has 2 aromatic carbocycles. The second-order valence-electron chi connectivity index (χ2n) is 3.74. The molecule has 0 heterocycles. The summed E-state index contributed by atoms with van der Waals surface area (Å²) in [6.07, 6.45) is 1.65. The first-order valence-electron chi connectivity index (χ1n) is 5.22. The Morgan fingerprint density at radius 2 is 1.88 bits per heavy atom. The van der Waals surface area contributed by atoms with E-state index in [0.29, 0.717) is 5.56 Å². The van der Waals surface area contributed by atoms with Crippen molar-refractivity contribution in [1.29, 1.82) is 0 Å². The van der Waals surface area contributed by atoms with E-state index in [1.165, 1.54) is 0 Å². The van der Waals surface area contributed by atoms with E-state index in [-0.39, 0.29) is 5.57 Å². The van der Waals surface area contributed by atoms with Crippen LogP contribution in [-0.4, -0.2) is 11.1 Å². The van der Waals surface area contributed by atoms with Gasteiger partial charge in [-0.1, -0.05) is 55.6 Å². The summed E-state index contributed by atoms with van der Waals surface area (Å²) in [7, 11) is 0. The van der Waals surface area contributed by atoms with E-state index in [9.17, 15) is 4.79 Å². The summed E-state index contributed by atoms with van der Waals surface area (Å²) in [5.74, 6) is -1.01. The Labute approximate surface area is 99.5 Å². The number of aliphatic carboxylic acids is 1. The van der Waals surface area contributed by atoms with Gasteiger partial charge in [0.05, 0.1) is 5.57 Å². The highest BCUT2D eigenvalue weighted by atomic mass is 16.4. The summed E-state index contributed by atoms with van der Waals surface area (Å²) in [5, 5.41) is 11.0. The number of rotatable bonds is 3. The van der Waals surface area contributed by atoms with E-state index in [4.69, 9.17) is 5.11 Å². The maximum atomic E-state index is 11.1. The third kappa shape index (κ3) is 1.85. The number of hydrogen-bond acceptors (Lipinski definition) is 1. The molecule has 2 aromatic rings. The zero-order chi connectivity index (χ0) is 12.4. The van der Waals surface area contributed by atoms with Crippen LogP contribution in [-0.2, 0) is 4.79 Å². The molecular formula is C15H12O2. The predicted molar refractivity (Wildman–Crippen MR) is 70.7 cm³/mol. The van der Waals surface area contributed by atoms with Gasteiger partial charge in [0.1, 0.15) is 0 Å². The topological polar surface area (TPSA) is 37.3 Å². The molecule has 0 saturated heterocycles. The fourth-order valence-corrected chi connectivity index (χ4v) is 1.90. The van der Waals surface area contributed by atoms with Crippen LogP contribution in [0.2, 0.25) is 0 Å². The van der Waals surface area contributed by atoms with Crippen molar-refractivity contribution in [2.24, 2.45) is 0 Å². The van der Waals surface area contributed by atoms with E-state index >= 15 is 0 Å². The van der Waals surface area contributed by atoms with Crippen LogP contribution < -0.4 is 0 Å². The summed E-state index contributed by atoms with van der Waals surface area (Å²) in [6.45, 7) is 7.34. The average Bonchev–Trinajstić information content (AvgIpc) is 2.36. The fraction of sp³-hybridized carbons (Fsp3) is 0. The Kier molecular flexibility index (Phi) is 2.79. The molecule has 0 saturated carbocycles. The highest BCUT2D eigenvalue weighted by Crippen LogP contribution is 2.28. The molecule has 0 aliphatic heterocycles. The minimum atomic E-state index is -1.01. The van der Waals surface area contributed by atoms with Crippen LogP contribution in [0.25, 0.3) is 22.4 Å². The minimum Gasteiger partial charge on any atom is -0.478 e. The van der Waals surface area contributed by atoms with Crippen LogP contribution in [0.3, 0.4) is 0 Å². The molecule has 0 spiro atoms. The van der Waals surface area contributed by atoms with Crippen molar-refractivity contribution in [3.63, 3.8) is 0 Å². The van der Waals surface area contributed by atoms with Crippen LogP contribution in [0, 0.1) is 0 Å². The van der Waals surface area contributed by atoms with Gasteiger partial charge < -0.3 is 5.11 Å². The Bertz CT molecular complexity index is 624. The molecule has 2 nitrogen and oxygen atoms in total. The standard InChI is InChI=1S/C15H12O2/c1-3-11-8-9-12-6-4-5-7-13(12)14(11)10(2)15(16)17/h3-9H,1-2H2,(H,16,17). The van der Waals surface area contributed by atoms with Crippen molar-refractivity contribution >= 4 is 28.4 Å². The third-order valence-electron chi connectivity index (χ3n) is 2.74. The van der Waals surface area contributed by atoms with Crippen LogP contribution in [0.15, 0.2) is 49.6 Å². The van der Waals surface area contributed by atoms with E-state index in [2.05, 4.69) is 13.2 Å². The molecule has 0 bridgehead atoms. The molecule has 0 fully saturated rings. The van der Waals surface area contributed by atoms with Gasteiger partial charge in [0, 0.05) is 5.56 Å². The van der Waals surface area contributed by atoms with Crippen LogP contribution >= 0.6 is 0 Å². The number of fused-ring (bicyclic) bond motifs is 1. The normalized spacial score (nSPS) is 10.1. The number of carboxylic acid groups (broad SMARTS) is 1. The highest BCUT2D eigenvalue weighted by molar-refractivity contribution is 6.19. The lowest BCUT2D eigenvalue weighted by Crippen LogP contribution is -2.00. The van der Waals surface area contributed by atoms with Crippen LogP contribution in [0.5, 0.6) is 0 Å². The van der Waals surface area contributed by atoms with Gasteiger partial charge in [-0.2, -0.15) is 0 Å². The fourth-order valence-electron chi connectivity index (χ4n) is 1.90. The van der Waals surface area contributed by atoms with Crippen LogP contribution in [0.4, 0.5) is 0 Å². The number of benzene rings is 2. The first-order valence-corrected chi connectivity index (χ1v) is 5.22. The van der Waals surface area contributed by atoms with Gasteiger partial charge in [0.25, 0.3) is 0 Å². The monoisotopic (exact) mass is 224 g/mol. The molecule has 0 aromatic heterocycles. The van der Waals surface area contributed by atoms with Gasteiger partial charge in [-0.25, -0.2) is 4.79 Å². The molecule has 0 aliphatic carbocycles. The van der Waals surface area contributed by atoms with Gasteiger partial charge in [-0.3, -0.25) is 0 Å². The van der Waals surface area contributed by atoms with E-state index < -0.39 is 5.97 Å². The quantitative estimate of drug-likeness (QED) is 0.809. The van der Waals surface area contributed by atoms with Crippen molar-refractivity contribution in [2.45, 2.75) is 0 Å². The molecule has 84 valence electrons. The number of carboxylic acids is 1. The minimum absolute atomic E-state index is 0.0942. The van der Waals surface area contributed by atoms with Gasteiger partial charge in [-0.15, -0.1) is 0 Å². The predicted octanol–water partition coefficient (Wildman–Crippen LogP) is 3.58. The summed E-state index contributed by atoms with van der Waals surface area (Å²) in [4.78, 5) is 11.1. The maximum Gasteiger partial charge on any atom is 0.335 e. The van der Waals surface area contributed by atoms with Crippen molar-refractivity contribution in [3.05, 3.63) is 60.7 Å². The Balaban J connectivity index is 2.85. The zero-order valence-corrected chi connectivity index (χ0v) is 9.31. The van der Waals surface area contributed by atoms with Gasteiger partial charge in [0.15, 0.2) is 0 Å². The summed E-state index contributed by atoms with van der Waals surface area (Å²) < 4.78 is 0. The SMILES string of the molecule is C=Cc1ccc2ccccc2c1C(=C)C(=O)O. The summed E-state index contributed by atoms with van der Waals surface area (Å²) >= 11 is 0. The number of hydrogen-bond donors (Lipinski definition) is 1. The van der Waals surface area contributed by atoms with Crippen molar-refractivity contribution < 1.29 is 9.90 Å². The largest absolute Gasteiger partial charge is 0.478 e. The molecule has 0 radical (unpaired) electrons. The lowest BCUT2D eigenvalue weighted by atomic mass is 9.94. The Morgan fingerprint density at radius 1 is 1.18 bits per heavy atom. The third-order valence-corrected chi connectivity index (χ3v) is 2.74. The average molecular weight is 224 g/mol. The van der Waals surface area contributed by atoms with Crippen molar-refractivity contribution in [2.75, 3.05) is 0 Å². The van der Waals surface area contributed by atoms with Gasteiger partial charge >= 0.3 is 5.97 Å². The molecule has 2 heteroatoms. The highest BCUT2D eigenvalue weighted by Gasteiger charge is 2.13. The molecule has 0 amide bonds. The molecule has 2 rings (SSSR count). The second kappa shape index (κ2) is 4.26. The zero-order valence-electron chi connectivity index (χ0n) is 9.31. The molecule has 0 unspecified atom stereocenters. The summed E-state index contributed by atoms with van der Waals surface area (Å²) in [5.41, 5.74) is 1.53. The van der Waals surface area contributed by atoms with E-state index in [0.717, 1.165) is 16.3 Å². The molecule has 0 aliphatic rings. The lowest BCUT2D eigenvalue weighted by Gasteiger charge is -2.10. The van der Waals surface area contributed by atoms with E-state index in [1.807, 2.05) is 36.4 Å². The van der Waals surface area contributed by atoms with Crippen molar-refractivity contribution in [3.8, 4) is 0 Å². The Hall–Kier alpha value is -2.35. The molecule has 1 N–H and O–H groups in total. The molecule has 17 heavy (non-hydrogen) atoms. The van der Waals surface area contributed by atoms with Gasteiger partial charge in [-0.05, 0) is 16.3 Å². The van der Waals surface area contributed by atoms with E-state index in [1.54, 1.807) is 6.08 Å². The first-order chi connectivity index (χ1) is 8.15. The lowest BCUT2D eigenvalue weighted by molar-refractivity contribution is -0.130. The first kappa shape index (κ1) is 11.1. The molecular weight excluding hydrogens is 212 g/mol. The van der Waals surface area contributed by atoms with Crippen LogP contribution in [0.1, 0.15) is 11.1 Å². The smallest absolute Gasteiger partial charge is 0.335 e. The summed E-state index contributed by atoms with van der Waals surface area (Å²) in [6, 6.07) is 11.5. The number of carbonyl (C=O) groups is 1. The second-order valence-corrected chi connectivity index (χ2v) is 3.74. The maximum absolute atomic E-state index is 11.1. The van der Waals surface area contributed by atoms with Crippen molar-refractivity contribution in [1.82, 2.24) is 0 Å². The molecule has 0 atom stereocenters.